The van der Waals surface area contributed by atoms with Crippen LogP contribution in [-0.4, -0.2) is 37.4 Å². The van der Waals surface area contributed by atoms with Gasteiger partial charge in [-0.1, -0.05) is 54.6 Å². The fourth-order valence-corrected chi connectivity index (χ4v) is 3.52. The first-order chi connectivity index (χ1) is 12.8. The molecule has 3 aromatic rings. The zero-order valence-corrected chi connectivity index (χ0v) is 14.7. The van der Waals surface area contributed by atoms with Crippen LogP contribution in [0, 0.1) is 5.82 Å². The molecule has 0 radical (unpaired) electrons. The van der Waals surface area contributed by atoms with Gasteiger partial charge in [-0.05, 0) is 28.5 Å². The van der Waals surface area contributed by atoms with E-state index in [4.69, 9.17) is 0 Å². The topological polar surface area (TPSA) is 20.0 Å². The first kappa shape index (κ1) is 16.7. The maximum Gasteiger partial charge on any atom is 0.123 e. The molecule has 3 nitrogen and oxygen atoms in total. The van der Waals surface area contributed by atoms with Crippen LogP contribution in [0.4, 0.5) is 4.39 Å². The SMILES string of the molecule is Fc1ccc(C=NN2CC[NH+](Cc3cccc4ccccc34)CC2)cc1. The summed E-state index contributed by atoms with van der Waals surface area (Å²) in [6.07, 6.45) is 1.81. The van der Waals surface area contributed by atoms with Crippen molar-refractivity contribution in [3.8, 4) is 0 Å². The third kappa shape index (κ3) is 3.92. The smallest absolute Gasteiger partial charge is 0.123 e. The molecule has 1 fully saturated rings. The minimum absolute atomic E-state index is 0.215. The van der Waals surface area contributed by atoms with E-state index in [0.717, 1.165) is 38.3 Å². The number of hydrogen-bond donors (Lipinski definition) is 1. The number of hydrazone groups is 1. The normalized spacial score (nSPS) is 15.8. The predicted octanol–water partition coefficient (Wildman–Crippen LogP) is 2.71. The minimum Gasteiger partial charge on any atom is -0.328 e. The van der Waals surface area contributed by atoms with Gasteiger partial charge < -0.3 is 4.90 Å². The summed E-state index contributed by atoms with van der Waals surface area (Å²) >= 11 is 0. The number of quaternary nitrogens is 1. The van der Waals surface area contributed by atoms with Gasteiger partial charge in [-0.2, -0.15) is 5.10 Å². The number of piperazine rings is 1. The van der Waals surface area contributed by atoms with Crippen molar-refractivity contribution in [2.24, 2.45) is 5.10 Å². The Bertz CT molecular complexity index is 891. The van der Waals surface area contributed by atoms with E-state index < -0.39 is 0 Å². The molecule has 1 saturated heterocycles. The van der Waals surface area contributed by atoms with Crippen LogP contribution >= 0.6 is 0 Å². The third-order valence-electron chi connectivity index (χ3n) is 5.01. The molecule has 1 aliphatic rings. The fourth-order valence-electron chi connectivity index (χ4n) is 3.52. The lowest BCUT2D eigenvalue weighted by Crippen LogP contribution is -3.13. The second kappa shape index (κ2) is 7.67. The summed E-state index contributed by atoms with van der Waals surface area (Å²) in [4.78, 5) is 1.59. The Kier molecular flexibility index (Phi) is 4.93. The van der Waals surface area contributed by atoms with Crippen LogP contribution in [0.2, 0.25) is 0 Å². The van der Waals surface area contributed by atoms with Crippen LogP contribution < -0.4 is 4.90 Å². The summed E-state index contributed by atoms with van der Waals surface area (Å²) in [7, 11) is 0. The molecule has 1 N–H and O–H groups in total. The van der Waals surface area contributed by atoms with Gasteiger partial charge in [-0.15, -0.1) is 0 Å². The molecule has 4 rings (SSSR count). The van der Waals surface area contributed by atoms with Gasteiger partial charge >= 0.3 is 0 Å². The molecular formula is C22H23FN3+. The van der Waals surface area contributed by atoms with Gasteiger partial charge in [0.2, 0.25) is 0 Å². The molecule has 1 heterocycles. The van der Waals surface area contributed by atoms with E-state index in [0.29, 0.717) is 0 Å². The highest BCUT2D eigenvalue weighted by Crippen LogP contribution is 2.17. The van der Waals surface area contributed by atoms with Gasteiger partial charge in [0.15, 0.2) is 0 Å². The van der Waals surface area contributed by atoms with E-state index in [1.165, 1.54) is 28.5 Å². The number of nitrogens with one attached hydrogen (secondary N) is 1. The van der Waals surface area contributed by atoms with E-state index in [-0.39, 0.29) is 5.82 Å². The molecule has 0 aliphatic carbocycles. The third-order valence-corrected chi connectivity index (χ3v) is 5.01. The molecule has 26 heavy (non-hydrogen) atoms. The summed E-state index contributed by atoms with van der Waals surface area (Å²) in [5.41, 5.74) is 2.35. The second-order valence-corrected chi connectivity index (χ2v) is 6.81. The van der Waals surface area contributed by atoms with Crippen LogP contribution in [-0.2, 0) is 6.54 Å². The summed E-state index contributed by atoms with van der Waals surface area (Å²) in [6, 6.07) is 21.6. The zero-order valence-electron chi connectivity index (χ0n) is 14.7. The second-order valence-electron chi connectivity index (χ2n) is 6.81. The standard InChI is InChI=1S/C22H22FN3/c23-21-10-8-18(9-11-21)16-24-26-14-12-25(13-15-26)17-20-6-3-5-19-4-1-2-7-22(19)20/h1-11,16H,12-15,17H2/p+1. The van der Waals surface area contributed by atoms with Crippen molar-refractivity contribution in [1.29, 1.82) is 0 Å². The molecule has 4 heteroatoms. The average Bonchev–Trinajstić information content (AvgIpc) is 2.69. The van der Waals surface area contributed by atoms with Crippen molar-refractivity contribution in [2.75, 3.05) is 26.2 Å². The highest BCUT2D eigenvalue weighted by atomic mass is 19.1. The number of benzene rings is 3. The van der Waals surface area contributed by atoms with Crippen LogP contribution in [0.3, 0.4) is 0 Å². The van der Waals surface area contributed by atoms with Gasteiger partial charge in [0.25, 0.3) is 0 Å². The van der Waals surface area contributed by atoms with E-state index in [1.807, 2.05) is 6.21 Å². The lowest BCUT2D eigenvalue weighted by atomic mass is 10.0. The van der Waals surface area contributed by atoms with Gasteiger partial charge in [0, 0.05) is 5.56 Å². The average molecular weight is 348 g/mol. The van der Waals surface area contributed by atoms with Crippen molar-refractivity contribution in [3.05, 3.63) is 83.7 Å². The van der Waals surface area contributed by atoms with E-state index in [9.17, 15) is 4.39 Å². The Morgan fingerprint density at radius 2 is 1.65 bits per heavy atom. The van der Waals surface area contributed by atoms with Crippen LogP contribution in [0.15, 0.2) is 71.8 Å². The first-order valence-corrected chi connectivity index (χ1v) is 9.13. The quantitative estimate of drug-likeness (QED) is 0.719. The molecule has 132 valence electrons. The fraction of sp³-hybridized carbons (Fsp3) is 0.227. The van der Waals surface area contributed by atoms with E-state index in [1.54, 1.807) is 17.0 Å². The highest BCUT2D eigenvalue weighted by molar-refractivity contribution is 5.85. The van der Waals surface area contributed by atoms with Crippen LogP contribution in [0.25, 0.3) is 10.8 Å². The van der Waals surface area contributed by atoms with Crippen molar-refractivity contribution >= 4 is 17.0 Å². The number of hydrogen-bond acceptors (Lipinski definition) is 2. The molecule has 0 amide bonds. The van der Waals surface area contributed by atoms with Crippen molar-refractivity contribution in [3.63, 3.8) is 0 Å². The number of halogens is 1. The lowest BCUT2D eigenvalue weighted by Gasteiger charge is -2.30. The molecule has 0 saturated carbocycles. The first-order valence-electron chi connectivity index (χ1n) is 9.13. The Labute approximate surface area is 153 Å². The molecular weight excluding hydrogens is 325 g/mol. The van der Waals surface area contributed by atoms with E-state index in [2.05, 4.69) is 52.6 Å². The summed E-state index contributed by atoms with van der Waals surface area (Å²) in [6.45, 7) is 5.08. The van der Waals surface area contributed by atoms with Crippen molar-refractivity contribution in [1.82, 2.24) is 5.01 Å². The lowest BCUT2D eigenvalue weighted by molar-refractivity contribution is -0.918. The maximum absolute atomic E-state index is 12.9. The number of fused-ring (bicyclic) bond motifs is 1. The molecule has 3 aromatic carbocycles. The van der Waals surface area contributed by atoms with Gasteiger partial charge in [-0.3, -0.25) is 5.01 Å². The molecule has 0 bridgehead atoms. The van der Waals surface area contributed by atoms with Crippen LogP contribution in [0.5, 0.6) is 0 Å². The van der Waals surface area contributed by atoms with Gasteiger partial charge in [0.1, 0.15) is 12.4 Å². The number of rotatable bonds is 4. The monoisotopic (exact) mass is 348 g/mol. The maximum atomic E-state index is 12.9. The Hall–Kier alpha value is -2.72. The molecule has 0 unspecified atom stereocenters. The summed E-state index contributed by atoms with van der Waals surface area (Å²) < 4.78 is 12.9. The Morgan fingerprint density at radius 1 is 0.923 bits per heavy atom. The van der Waals surface area contributed by atoms with Crippen molar-refractivity contribution in [2.45, 2.75) is 6.54 Å². The Morgan fingerprint density at radius 3 is 2.46 bits per heavy atom. The van der Waals surface area contributed by atoms with Gasteiger partial charge in [-0.25, -0.2) is 4.39 Å². The largest absolute Gasteiger partial charge is 0.328 e. The van der Waals surface area contributed by atoms with Crippen LogP contribution in [0.1, 0.15) is 11.1 Å². The zero-order chi connectivity index (χ0) is 17.8. The predicted molar refractivity (Wildman–Crippen MR) is 104 cm³/mol. The Balaban J connectivity index is 1.35. The molecule has 0 spiro atoms. The molecule has 0 aromatic heterocycles. The minimum atomic E-state index is -0.215. The highest BCUT2D eigenvalue weighted by Gasteiger charge is 2.19. The van der Waals surface area contributed by atoms with Crippen molar-refractivity contribution < 1.29 is 9.29 Å². The summed E-state index contributed by atoms with van der Waals surface area (Å²) in [5.74, 6) is -0.215. The molecule has 0 atom stereocenters. The van der Waals surface area contributed by atoms with Gasteiger partial charge in [0.05, 0.1) is 32.4 Å². The van der Waals surface area contributed by atoms with E-state index >= 15 is 0 Å². The number of nitrogens with zero attached hydrogens (tertiary/aromatic N) is 2. The molecule has 1 aliphatic heterocycles. The summed E-state index contributed by atoms with van der Waals surface area (Å²) in [5, 5.41) is 9.33.